The number of aliphatic hydroxyl groups excluding tert-OH is 1. The molecule has 1 amide bonds. The fourth-order valence-corrected chi connectivity index (χ4v) is 4.74. The third-order valence-electron chi connectivity index (χ3n) is 7.23. The molecule has 0 spiro atoms. The molecular weight excluding hydrogens is 528 g/mol. The Morgan fingerprint density at radius 2 is 1.62 bits per heavy atom. The number of anilines is 1. The number of carbonyl (C=O) groups is 2. The fourth-order valence-electron chi connectivity index (χ4n) is 4.74. The SMILES string of the molecule is CCCCC(=O)Nc1ccc(CCOCCCCCCN(CC(=O)c2ccc(O)c(CO)c2)Cc2ccccc2)cc1. The number of phenols is 1. The van der Waals surface area contributed by atoms with E-state index >= 15 is 0 Å². The van der Waals surface area contributed by atoms with Gasteiger partial charge in [0.15, 0.2) is 5.78 Å². The number of aromatic hydroxyl groups is 1. The average Bonchev–Trinajstić information content (AvgIpc) is 3.00. The molecule has 0 aromatic heterocycles. The molecule has 3 aromatic rings. The Labute approximate surface area is 250 Å². The summed E-state index contributed by atoms with van der Waals surface area (Å²) in [6.45, 7) is 4.94. The van der Waals surface area contributed by atoms with Crippen molar-refractivity contribution in [2.24, 2.45) is 0 Å². The van der Waals surface area contributed by atoms with E-state index in [1.165, 1.54) is 11.6 Å². The number of hydrogen-bond donors (Lipinski definition) is 3. The maximum atomic E-state index is 13.0. The topological polar surface area (TPSA) is 99.1 Å². The predicted octanol–water partition coefficient (Wildman–Crippen LogP) is 6.52. The number of rotatable bonds is 20. The van der Waals surface area contributed by atoms with Crippen LogP contribution in [0.4, 0.5) is 5.69 Å². The number of Topliss-reactive ketones (excluding diaryl/α,β-unsaturated/α-hetero) is 1. The minimum Gasteiger partial charge on any atom is -0.508 e. The highest BCUT2D eigenvalue weighted by Gasteiger charge is 2.15. The fraction of sp³-hybridized carbons (Fsp3) is 0.429. The summed E-state index contributed by atoms with van der Waals surface area (Å²) in [5, 5.41) is 22.2. The molecule has 3 aromatic carbocycles. The Balaban J connectivity index is 1.34. The first kappa shape index (κ1) is 33.0. The van der Waals surface area contributed by atoms with Gasteiger partial charge in [0.05, 0.1) is 19.8 Å². The van der Waals surface area contributed by atoms with E-state index in [0.717, 1.165) is 69.3 Å². The van der Waals surface area contributed by atoms with Gasteiger partial charge in [-0.2, -0.15) is 0 Å². The number of aliphatic hydroxyl groups is 1. The first-order valence-electron chi connectivity index (χ1n) is 15.2. The van der Waals surface area contributed by atoms with Gasteiger partial charge in [0.1, 0.15) is 5.75 Å². The molecule has 42 heavy (non-hydrogen) atoms. The quantitative estimate of drug-likeness (QED) is 0.105. The first-order chi connectivity index (χ1) is 20.5. The molecule has 0 aliphatic carbocycles. The summed E-state index contributed by atoms with van der Waals surface area (Å²) in [4.78, 5) is 27.1. The van der Waals surface area contributed by atoms with Crippen molar-refractivity contribution >= 4 is 17.4 Å². The van der Waals surface area contributed by atoms with Crippen molar-refractivity contribution in [3.8, 4) is 5.75 Å². The van der Waals surface area contributed by atoms with Crippen LogP contribution in [0.25, 0.3) is 0 Å². The van der Waals surface area contributed by atoms with Crippen LogP contribution in [-0.4, -0.2) is 53.1 Å². The molecule has 0 bridgehead atoms. The zero-order chi connectivity index (χ0) is 30.0. The van der Waals surface area contributed by atoms with Crippen molar-refractivity contribution in [3.05, 3.63) is 95.1 Å². The predicted molar refractivity (Wildman–Crippen MR) is 168 cm³/mol. The summed E-state index contributed by atoms with van der Waals surface area (Å²) in [7, 11) is 0. The number of ether oxygens (including phenoxy) is 1. The molecule has 3 rings (SSSR count). The van der Waals surface area contributed by atoms with Crippen LogP contribution in [0.2, 0.25) is 0 Å². The number of hydrogen-bond acceptors (Lipinski definition) is 6. The smallest absolute Gasteiger partial charge is 0.224 e. The van der Waals surface area contributed by atoms with Crippen molar-refractivity contribution in [2.75, 3.05) is 31.6 Å². The number of benzene rings is 3. The third kappa shape index (κ3) is 12.1. The Morgan fingerprint density at radius 3 is 2.36 bits per heavy atom. The van der Waals surface area contributed by atoms with E-state index in [0.29, 0.717) is 30.7 Å². The molecule has 0 radical (unpaired) electrons. The van der Waals surface area contributed by atoms with E-state index in [9.17, 15) is 19.8 Å². The standard InChI is InChI=1S/C35H46N2O5/c1-2-3-13-35(41)36-32-17-14-28(15-18-32)20-23-42-22-10-5-4-9-21-37(25-29-11-7-6-8-12-29)26-34(40)30-16-19-33(39)31(24-30)27-38/h6-8,11-12,14-19,24,38-39H,2-5,9-10,13,20-23,25-27H2,1H3,(H,36,41). The summed E-state index contributed by atoms with van der Waals surface area (Å²) in [6, 6.07) is 22.8. The Morgan fingerprint density at radius 1 is 0.857 bits per heavy atom. The summed E-state index contributed by atoms with van der Waals surface area (Å²) < 4.78 is 5.85. The summed E-state index contributed by atoms with van der Waals surface area (Å²) in [5.74, 6) is 0.0368. The number of nitrogens with zero attached hydrogens (tertiary/aromatic N) is 1. The second-order valence-electron chi connectivity index (χ2n) is 10.7. The molecule has 0 saturated heterocycles. The number of nitrogens with one attached hydrogen (secondary N) is 1. The average molecular weight is 575 g/mol. The van der Waals surface area contributed by atoms with Gasteiger partial charge < -0.3 is 20.3 Å². The highest BCUT2D eigenvalue weighted by Crippen LogP contribution is 2.19. The lowest BCUT2D eigenvalue weighted by molar-refractivity contribution is -0.116. The van der Waals surface area contributed by atoms with E-state index in [1.54, 1.807) is 12.1 Å². The molecule has 0 heterocycles. The summed E-state index contributed by atoms with van der Waals surface area (Å²) in [5.41, 5.74) is 4.04. The molecule has 0 saturated carbocycles. The van der Waals surface area contributed by atoms with E-state index in [4.69, 9.17) is 4.74 Å². The monoisotopic (exact) mass is 574 g/mol. The van der Waals surface area contributed by atoms with E-state index in [-0.39, 0.29) is 30.6 Å². The van der Waals surface area contributed by atoms with E-state index in [2.05, 4.69) is 29.3 Å². The van der Waals surface area contributed by atoms with Crippen molar-refractivity contribution in [1.82, 2.24) is 4.90 Å². The zero-order valence-electron chi connectivity index (χ0n) is 24.9. The highest BCUT2D eigenvalue weighted by molar-refractivity contribution is 5.98. The Bertz CT molecular complexity index is 1210. The summed E-state index contributed by atoms with van der Waals surface area (Å²) in [6.07, 6.45) is 7.43. The van der Waals surface area contributed by atoms with Gasteiger partial charge in [-0.3, -0.25) is 14.5 Å². The van der Waals surface area contributed by atoms with Gasteiger partial charge in [-0.15, -0.1) is 0 Å². The van der Waals surface area contributed by atoms with Crippen LogP contribution in [0.5, 0.6) is 5.75 Å². The van der Waals surface area contributed by atoms with Gasteiger partial charge >= 0.3 is 0 Å². The largest absolute Gasteiger partial charge is 0.508 e. The second kappa shape index (κ2) is 18.8. The van der Waals surface area contributed by atoms with Crippen molar-refractivity contribution in [2.45, 2.75) is 71.4 Å². The van der Waals surface area contributed by atoms with Gasteiger partial charge in [0.2, 0.25) is 5.91 Å². The maximum absolute atomic E-state index is 13.0. The Kier molecular flexibility index (Phi) is 14.8. The number of ketones is 1. The van der Waals surface area contributed by atoms with Crippen LogP contribution in [0, 0.1) is 0 Å². The van der Waals surface area contributed by atoms with Crippen molar-refractivity contribution in [1.29, 1.82) is 0 Å². The van der Waals surface area contributed by atoms with Crippen molar-refractivity contribution in [3.63, 3.8) is 0 Å². The van der Waals surface area contributed by atoms with Gasteiger partial charge in [-0.25, -0.2) is 0 Å². The first-order valence-corrected chi connectivity index (χ1v) is 15.2. The molecule has 7 heteroatoms. The number of unbranched alkanes of at least 4 members (excludes halogenated alkanes) is 4. The molecule has 226 valence electrons. The van der Waals surface area contributed by atoms with Crippen LogP contribution in [-0.2, 0) is 29.1 Å². The third-order valence-corrected chi connectivity index (χ3v) is 7.23. The summed E-state index contributed by atoms with van der Waals surface area (Å²) >= 11 is 0. The molecule has 0 aliphatic rings. The number of amides is 1. The molecule has 0 unspecified atom stereocenters. The molecule has 7 nitrogen and oxygen atoms in total. The van der Waals surface area contributed by atoms with Gasteiger partial charge in [-0.1, -0.05) is 68.7 Å². The van der Waals surface area contributed by atoms with E-state index in [1.807, 2.05) is 42.5 Å². The van der Waals surface area contributed by atoms with Crippen LogP contribution in [0.15, 0.2) is 72.8 Å². The highest BCUT2D eigenvalue weighted by atomic mass is 16.5. The van der Waals surface area contributed by atoms with Crippen molar-refractivity contribution < 1.29 is 24.5 Å². The van der Waals surface area contributed by atoms with E-state index < -0.39 is 0 Å². The minimum atomic E-state index is -0.308. The second-order valence-corrected chi connectivity index (χ2v) is 10.7. The molecule has 0 atom stereocenters. The molecule has 0 aliphatic heterocycles. The van der Waals surface area contributed by atoms with Crippen LogP contribution >= 0.6 is 0 Å². The lowest BCUT2D eigenvalue weighted by Crippen LogP contribution is -2.30. The van der Waals surface area contributed by atoms with Crippen LogP contribution in [0.1, 0.15) is 78.9 Å². The minimum absolute atomic E-state index is 0.00221. The normalized spacial score (nSPS) is 11.1. The van der Waals surface area contributed by atoms with Crippen LogP contribution in [0.3, 0.4) is 0 Å². The van der Waals surface area contributed by atoms with Gasteiger partial charge in [0.25, 0.3) is 0 Å². The zero-order valence-corrected chi connectivity index (χ0v) is 24.9. The van der Waals surface area contributed by atoms with Crippen LogP contribution < -0.4 is 5.32 Å². The van der Waals surface area contributed by atoms with Gasteiger partial charge in [0, 0.05) is 36.4 Å². The lowest BCUT2D eigenvalue weighted by Gasteiger charge is -2.22. The molecular formula is C35H46N2O5. The maximum Gasteiger partial charge on any atom is 0.224 e. The lowest BCUT2D eigenvalue weighted by atomic mass is 10.1. The van der Waals surface area contributed by atoms with Gasteiger partial charge in [-0.05, 0) is 73.7 Å². The Hall–Kier alpha value is -3.52. The number of carbonyl (C=O) groups excluding carboxylic acids is 2. The molecule has 0 fully saturated rings. The molecule has 3 N–H and O–H groups in total.